The Hall–Kier alpha value is -3.22. The summed E-state index contributed by atoms with van der Waals surface area (Å²) in [5.74, 6) is 0.547. The van der Waals surface area contributed by atoms with Crippen LogP contribution in [-0.2, 0) is 6.54 Å². The number of hydrogen-bond acceptors (Lipinski definition) is 5. The number of carbonyl (C=O) groups excluding carboxylic acids is 1. The molecule has 2 aromatic heterocycles. The molecular formula is C21H23N5O2. The number of aromatic nitrogens is 4. The molecule has 1 aliphatic rings. The van der Waals surface area contributed by atoms with E-state index in [-0.39, 0.29) is 12.0 Å². The zero-order chi connectivity index (χ0) is 19.3. The van der Waals surface area contributed by atoms with E-state index in [1.54, 1.807) is 12.5 Å². The predicted molar refractivity (Wildman–Crippen MR) is 104 cm³/mol. The summed E-state index contributed by atoms with van der Waals surface area (Å²) in [5, 5.41) is 8.08. The summed E-state index contributed by atoms with van der Waals surface area (Å²) < 4.78 is 7.93. The van der Waals surface area contributed by atoms with Crippen molar-refractivity contribution in [2.45, 2.75) is 32.4 Å². The lowest BCUT2D eigenvalue weighted by Crippen LogP contribution is -2.44. The molecule has 1 aromatic carbocycles. The molecule has 1 unspecified atom stereocenters. The summed E-state index contributed by atoms with van der Waals surface area (Å²) in [6.45, 7) is 3.93. The van der Waals surface area contributed by atoms with Gasteiger partial charge in [-0.05, 0) is 43.5 Å². The Morgan fingerprint density at radius 2 is 2.04 bits per heavy atom. The van der Waals surface area contributed by atoms with Crippen LogP contribution in [0.4, 0.5) is 0 Å². The van der Waals surface area contributed by atoms with E-state index in [1.807, 2.05) is 59.0 Å². The molecule has 0 radical (unpaired) electrons. The molecular weight excluding hydrogens is 354 g/mol. The van der Waals surface area contributed by atoms with E-state index >= 15 is 0 Å². The molecule has 0 N–H and O–H groups in total. The minimum absolute atomic E-state index is 0.0393. The fourth-order valence-electron chi connectivity index (χ4n) is 3.37. The molecule has 3 aromatic rings. The second-order valence-electron chi connectivity index (χ2n) is 7.08. The van der Waals surface area contributed by atoms with Gasteiger partial charge in [0.15, 0.2) is 0 Å². The van der Waals surface area contributed by atoms with E-state index in [0.717, 1.165) is 37.2 Å². The summed E-state index contributed by atoms with van der Waals surface area (Å²) in [5.41, 5.74) is 2.68. The number of carbonyl (C=O) groups is 1. The average Bonchev–Trinajstić information content (AvgIpc) is 3.23. The van der Waals surface area contributed by atoms with Crippen LogP contribution in [0.2, 0.25) is 0 Å². The van der Waals surface area contributed by atoms with Gasteiger partial charge < -0.3 is 14.2 Å². The minimum Gasteiger partial charge on any atom is -0.471 e. The fraction of sp³-hybridized carbons (Fsp3) is 0.333. The topological polar surface area (TPSA) is 73.1 Å². The van der Waals surface area contributed by atoms with Gasteiger partial charge in [0.1, 0.15) is 6.10 Å². The van der Waals surface area contributed by atoms with Crippen LogP contribution in [0.3, 0.4) is 0 Å². The molecule has 3 heterocycles. The fourth-order valence-corrected chi connectivity index (χ4v) is 3.37. The number of likely N-dealkylation sites (tertiary alicyclic amines) is 1. The second-order valence-corrected chi connectivity index (χ2v) is 7.08. The van der Waals surface area contributed by atoms with Crippen LogP contribution in [0.5, 0.6) is 5.88 Å². The Morgan fingerprint density at radius 3 is 2.75 bits per heavy atom. The molecule has 1 fully saturated rings. The predicted octanol–water partition coefficient (Wildman–Crippen LogP) is 2.71. The normalized spacial score (nSPS) is 16.8. The molecule has 0 saturated carbocycles. The van der Waals surface area contributed by atoms with Crippen molar-refractivity contribution < 1.29 is 9.53 Å². The third-order valence-corrected chi connectivity index (χ3v) is 4.85. The van der Waals surface area contributed by atoms with Crippen molar-refractivity contribution in [1.82, 2.24) is 24.6 Å². The Bertz CT molecular complexity index is 907. The highest BCUT2D eigenvalue weighted by atomic mass is 16.5. The van der Waals surface area contributed by atoms with Crippen LogP contribution in [0.15, 0.2) is 55.1 Å². The van der Waals surface area contributed by atoms with Crippen molar-refractivity contribution >= 4 is 5.91 Å². The number of rotatable bonds is 5. The van der Waals surface area contributed by atoms with Gasteiger partial charge in [-0.25, -0.2) is 4.98 Å². The van der Waals surface area contributed by atoms with E-state index < -0.39 is 0 Å². The van der Waals surface area contributed by atoms with Gasteiger partial charge in [-0.1, -0.05) is 12.1 Å². The molecule has 4 rings (SSSR count). The summed E-state index contributed by atoms with van der Waals surface area (Å²) in [4.78, 5) is 18.8. The monoisotopic (exact) mass is 377 g/mol. The van der Waals surface area contributed by atoms with Crippen LogP contribution >= 0.6 is 0 Å². The molecule has 0 spiro atoms. The van der Waals surface area contributed by atoms with Gasteiger partial charge >= 0.3 is 0 Å². The van der Waals surface area contributed by atoms with Crippen LogP contribution < -0.4 is 4.74 Å². The number of piperidine rings is 1. The molecule has 1 aliphatic heterocycles. The van der Waals surface area contributed by atoms with Gasteiger partial charge in [0.05, 0.1) is 18.6 Å². The Labute approximate surface area is 164 Å². The first-order chi connectivity index (χ1) is 13.7. The molecule has 28 heavy (non-hydrogen) atoms. The van der Waals surface area contributed by atoms with Gasteiger partial charge in [0.25, 0.3) is 5.91 Å². The Morgan fingerprint density at radius 1 is 1.18 bits per heavy atom. The highest BCUT2D eigenvalue weighted by Crippen LogP contribution is 2.19. The highest BCUT2D eigenvalue weighted by Gasteiger charge is 2.26. The molecule has 1 saturated heterocycles. The van der Waals surface area contributed by atoms with Gasteiger partial charge in [-0.15, -0.1) is 5.10 Å². The minimum atomic E-state index is -0.0600. The van der Waals surface area contributed by atoms with Crippen LogP contribution in [0, 0.1) is 6.92 Å². The maximum absolute atomic E-state index is 12.9. The molecule has 0 aliphatic carbocycles. The molecule has 7 heteroatoms. The van der Waals surface area contributed by atoms with E-state index in [1.165, 1.54) is 0 Å². The molecule has 144 valence electrons. The van der Waals surface area contributed by atoms with Gasteiger partial charge in [0, 0.05) is 37.1 Å². The zero-order valence-electron chi connectivity index (χ0n) is 15.9. The summed E-state index contributed by atoms with van der Waals surface area (Å²) >= 11 is 0. The van der Waals surface area contributed by atoms with E-state index in [0.29, 0.717) is 18.0 Å². The van der Waals surface area contributed by atoms with Crippen LogP contribution in [0.25, 0.3) is 0 Å². The lowest BCUT2D eigenvalue weighted by atomic mass is 10.1. The Kier molecular flexibility index (Phi) is 5.32. The van der Waals surface area contributed by atoms with Gasteiger partial charge in [-0.2, -0.15) is 5.10 Å². The van der Waals surface area contributed by atoms with Crippen molar-refractivity contribution in [3.8, 4) is 5.88 Å². The lowest BCUT2D eigenvalue weighted by Gasteiger charge is -2.32. The third kappa shape index (κ3) is 4.36. The third-order valence-electron chi connectivity index (χ3n) is 4.85. The van der Waals surface area contributed by atoms with E-state index in [4.69, 9.17) is 4.74 Å². The van der Waals surface area contributed by atoms with Crippen molar-refractivity contribution in [3.63, 3.8) is 0 Å². The number of hydrogen-bond donors (Lipinski definition) is 0. The van der Waals surface area contributed by atoms with Gasteiger partial charge in [0.2, 0.25) is 5.88 Å². The van der Waals surface area contributed by atoms with Crippen LogP contribution in [0.1, 0.15) is 34.5 Å². The van der Waals surface area contributed by atoms with Crippen molar-refractivity contribution in [1.29, 1.82) is 0 Å². The van der Waals surface area contributed by atoms with E-state index in [9.17, 15) is 4.79 Å². The quantitative estimate of drug-likeness (QED) is 0.684. The number of imidazole rings is 1. The first-order valence-electron chi connectivity index (χ1n) is 9.48. The van der Waals surface area contributed by atoms with E-state index in [2.05, 4.69) is 15.2 Å². The van der Waals surface area contributed by atoms with Crippen LogP contribution in [-0.4, -0.2) is 49.7 Å². The molecule has 0 bridgehead atoms. The number of nitrogens with zero attached hydrogens (tertiary/aromatic N) is 5. The highest BCUT2D eigenvalue weighted by molar-refractivity contribution is 5.94. The maximum atomic E-state index is 12.9. The first-order valence-corrected chi connectivity index (χ1v) is 9.48. The Balaban J connectivity index is 1.37. The van der Waals surface area contributed by atoms with Crippen molar-refractivity contribution in [2.24, 2.45) is 0 Å². The second kappa shape index (κ2) is 8.21. The smallest absolute Gasteiger partial charge is 0.253 e. The summed E-state index contributed by atoms with van der Waals surface area (Å²) in [6.07, 6.45) is 7.22. The SMILES string of the molecule is Cc1ccc(OC2CCCN(C(=O)c3ccc(Cn4ccnc4)cc3)C2)nn1. The van der Waals surface area contributed by atoms with Gasteiger partial charge in [-0.3, -0.25) is 4.79 Å². The molecule has 1 amide bonds. The lowest BCUT2D eigenvalue weighted by molar-refractivity contribution is 0.0525. The zero-order valence-corrected chi connectivity index (χ0v) is 15.9. The molecule has 1 atom stereocenters. The van der Waals surface area contributed by atoms with Crippen molar-refractivity contribution in [2.75, 3.05) is 13.1 Å². The number of benzene rings is 1. The summed E-state index contributed by atoms with van der Waals surface area (Å²) in [7, 11) is 0. The maximum Gasteiger partial charge on any atom is 0.253 e. The standard InChI is InChI=1S/C21H23N5O2/c1-16-4-9-20(24-23-16)28-19-3-2-11-26(14-19)21(27)18-7-5-17(6-8-18)13-25-12-10-22-15-25/h4-10,12,15,19H,2-3,11,13-14H2,1H3. The van der Waals surface area contributed by atoms with Crippen molar-refractivity contribution in [3.05, 3.63) is 71.9 Å². The number of aryl methyl sites for hydroxylation is 1. The summed E-state index contributed by atoms with van der Waals surface area (Å²) in [6, 6.07) is 11.5. The number of amides is 1. The average molecular weight is 377 g/mol. The number of ether oxygens (including phenoxy) is 1. The molecule has 7 nitrogen and oxygen atoms in total. The largest absolute Gasteiger partial charge is 0.471 e. The first kappa shape index (κ1) is 18.2.